The van der Waals surface area contributed by atoms with Crippen LogP contribution >= 0.6 is 27.7 Å². The number of thioether (sulfide) groups is 1. The van der Waals surface area contributed by atoms with Gasteiger partial charge in [-0.15, -0.1) is 16.9 Å². The van der Waals surface area contributed by atoms with E-state index in [1.807, 2.05) is 14.1 Å². The van der Waals surface area contributed by atoms with Gasteiger partial charge in [-0.05, 0) is 47.2 Å². The van der Waals surface area contributed by atoms with Crippen molar-refractivity contribution >= 4 is 27.7 Å². The second kappa shape index (κ2) is 6.49. The van der Waals surface area contributed by atoms with Gasteiger partial charge in [0.1, 0.15) is 5.82 Å². The number of hydrogen-bond acceptors (Lipinski definition) is 4. The van der Waals surface area contributed by atoms with Gasteiger partial charge in [0.15, 0.2) is 4.60 Å². The number of benzene rings is 1. The largest absolute Gasteiger partial charge is 0.311 e. The summed E-state index contributed by atoms with van der Waals surface area (Å²) in [6, 6.07) is 6.62. The van der Waals surface area contributed by atoms with Crippen LogP contribution < -0.4 is 5.32 Å². The highest BCUT2D eigenvalue weighted by Crippen LogP contribution is 2.27. The Hall–Kier alpha value is -0.920. The molecule has 4 nitrogen and oxygen atoms in total. The molecule has 0 aliphatic carbocycles. The lowest BCUT2D eigenvalue weighted by Crippen LogP contribution is -2.22. The number of nitrogens with zero attached hydrogens (tertiary/aromatic N) is 3. The van der Waals surface area contributed by atoms with Gasteiger partial charge >= 0.3 is 0 Å². The fourth-order valence-corrected chi connectivity index (χ4v) is 3.33. The van der Waals surface area contributed by atoms with Crippen molar-refractivity contribution < 1.29 is 4.39 Å². The van der Waals surface area contributed by atoms with Crippen LogP contribution in [0.15, 0.2) is 33.8 Å². The Bertz CT molecular complexity index is 524. The monoisotopic (exact) mass is 344 g/mol. The molecule has 0 spiro atoms. The average molecular weight is 345 g/mol. The van der Waals surface area contributed by atoms with Gasteiger partial charge in [-0.2, -0.15) is 0 Å². The van der Waals surface area contributed by atoms with Gasteiger partial charge in [0, 0.05) is 17.7 Å². The highest BCUT2D eigenvalue weighted by molar-refractivity contribution is 9.10. The standard InChI is InChI=1S/C12H14BrFN4S/c1-15-10(11-12(13)16-17-18(11)2)7-19-9-5-3-8(14)4-6-9/h3-6,10,15H,7H2,1-2H3. The summed E-state index contributed by atoms with van der Waals surface area (Å²) in [7, 11) is 3.76. The summed E-state index contributed by atoms with van der Waals surface area (Å²) in [4.78, 5) is 1.04. The first-order valence-corrected chi connectivity index (χ1v) is 7.50. The van der Waals surface area contributed by atoms with Crippen LogP contribution in [-0.2, 0) is 7.05 Å². The zero-order chi connectivity index (χ0) is 13.8. The maximum absolute atomic E-state index is 12.8. The van der Waals surface area contributed by atoms with E-state index in [2.05, 4.69) is 31.6 Å². The maximum Gasteiger partial charge on any atom is 0.153 e. The number of rotatable bonds is 5. The van der Waals surface area contributed by atoms with Crippen molar-refractivity contribution in [3.63, 3.8) is 0 Å². The van der Waals surface area contributed by atoms with Crippen LogP contribution in [0.25, 0.3) is 0 Å². The highest BCUT2D eigenvalue weighted by atomic mass is 79.9. The van der Waals surface area contributed by atoms with E-state index >= 15 is 0 Å². The van der Waals surface area contributed by atoms with Crippen LogP contribution in [0.4, 0.5) is 4.39 Å². The Morgan fingerprint density at radius 1 is 1.42 bits per heavy atom. The van der Waals surface area contributed by atoms with E-state index in [4.69, 9.17) is 0 Å². The molecule has 0 radical (unpaired) electrons. The third-order valence-corrected chi connectivity index (χ3v) is 4.41. The minimum absolute atomic E-state index is 0.115. The molecule has 2 rings (SSSR count). The number of halogens is 2. The Morgan fingerprint density at radius 2 is 2.11 bits per heavy atom. The van der Waals surface area contributed by atoms with E-state index in [9.17, 15) is 4.39 Å². The number of aryl methyl sites for hydroxylation is 1. The molecule has 1 aromatic carbocycles. The van der Waals surface area contributed by atoms with Gasteiger partial charge in [0.25, 0.3) is 0 Å². The molecule has 2 aromatic rings. The van der Waals surface area contributed by atoms with E-state index < -0.39 is 0 Å². The molecule has 1 heterocycles. The average Bonchev–Trinajstić information content (AvgIpc) is 2.73. The fourth-order valence-electron chi connectivity index (χ4n) is 1.72. The molecule has 0 amide bonds. The van der Waals surface area contributed by atoms with E-state index in [0.29, 0.717) is 0 Å². The molecular formula is C12H14BrFN4S. The number of aromatic nitrogens is 3. The van der Waals surface area contributed by atoms with Crippen LogP contribution in [0, 0.1) is 5.82 Å². The molecule has 102 valence electrons. The Kier molecular flexibility index (Phi) is 4.95. The van der Waals surface area contributed by atoms with Gasteiger partial charge in [0.05, 0.1) is 11.7 Å². The second-order valence-corrected chi connectivity index (χ2v) is 5.84. The van der Waals surface area contributed by atoms with Crippen molar-refractivity contribution in [1.29, 1.82) is 0 Å². The van der Waals surface area contributed by atoms with Gasteiger partial charge in [-0.3, -0.25) is 0 Å². The minimum Gasteiger partial charge on any atom is -0.311 e. The molecule has 19 heavy (non-hydrogen) atoms. The summed E-state index contributed by atoms with van der Waals surface area (Å²) in [5.41, 5.74) is 0.997. The quantitative estimate of drug-likeness (QED) is 0.847. The van der Waals surface area contributed by atoms with E-state index in [1.54, 1.807) is 28.6 Å². The minimum atomic E-state index is -0.215. The molecule has 0 aliphatic rings. The molecular weight excluding hydrogens is 331 g/mol. The van der Waals surface area contributed by atoms with Crippen molar-refractivity contribution in [3.8, 4) is 0 Å². The first-order chi connectivity index (χ1) is 9.11. The summed E-state index contributed by atoms with van der Waals surface area (Å²) >= 11 is 5.06. The molecule has 1 N–H and O–H groups in total. The van der Waals surface area contributed by atoms with Crippen molar-refractivity contribution in [3.05, 3.63) is 40.4 Å². The fraction of sp³-hybridized carbons (Fsp3) is 0.333. The Morgan fingerprint density at radius 3 is 2.63 bits per heavy atom. The van der Waals surface area contributed by atoms with Gasteiger partial charge in [0.2, 0.25) is 0 Å². The Balaban J connectivity index is 2.06. The van der Waals surface area contributed by atoms with Crippen LogP contribution in [0.2, 0.25) is 0 Å². The predicted molar refractivity (Wildman–Crippen MR) is 77.6 cm³/mol. The third kappa shape index (κ3) is 3.55. The molecule has 0 bridgehead atoms. The smallest absolute Gasteiger partial charge is 0.153 e. The zero-order valence-electron chi connectivity index (χ0n) is 10.6. The lowest BCUT2D eigenvalue weighted by atomic mass is 10.2. The second-order valence-electron chi connectivity index (χ2n) is 4.00. The lowest BCUT2D eigenvalue weighted by molar-refractivity contribution is 0.578. The van der Waals surface area contributed by atoms with Crippen molar-refractivity contribution in [2.24, 2.45) is 7.05 Å². The van der Waals surface area contributed by atoms with E-state index in [1.165, 1.54) is 12.1 Å². The molecule has 0 aliphatic heterocycles. The van der Waals surface area contributed by atoms with Crippen LogP contribution in [0.5, 0.6) is 0 Å². The van der Waals surface area contributed by atoms with E-state index in [-0.39, 0.29) is 11.9 Å². The summed E-state index contributed by atoms with van der Waals surface area (Å²) in [6.45, 7) is 0. The molecule has 1 aromatic heterocycles. The zero-order valence-corrected chi connectivity index (χ0v) is 13.0. The SMILES string of the molecule is CNC(CSc1ccc(F)cc1)c1c(Br)nnn1C. The van der Waals surface area contributed by atoms with E-state index in [0.717, 1.165) is 20.9 Å². The summed E-state index contributed by atoms with van der Waals surface area (Å²) in [5.74, 6) is 0.593. The van der Waals surface area contributed by atoms with Gasteiger partial charge < -0.3 is 5.32 Å². The normalized spacial score (nSPS) is 12.6. The summed E-state index contributed by atoms with van der Waals surface area (Å²) in [6.07, 6.45) is 0. The van der Waals surface area contributed by atoms with Crippen LogP contribution in [0.3, 0.4) is 0 Å². The third-order valence-electron chi connectivity index (χ3n) is 2.74. The maximum atomic E-state index is 12.8. The first-order valence-electron chi connectivity index (χ1n) is 5.72. The molecule has 0 saturated carbocycles. The van der Waals surface area contributed by atoms with Crippen molar-refractivity contribution in [1.82, 2.24) is 20.3 Å². The highest BCUT2D eigenvalue weighted by Gasteiger charge is 2.18. The Labute approximate surface area is 123 Å². The molecule has 0 fully saturated rings. The van der Waals surface area contributed by atoms with Crippen molar-refractivity contribution in [2.45, 2.75) is 10.9 Å². The predicted octanol–water partition coefficient (Wildman–Crippen LogP) is 2.77. The summed E-state index contributed by atoms with van der Waals surface area (Å²) in [5, 5.41) is 11.2. The topological polar surface area (TPSA) is 42.7 Å². The molecule has 1 unspecified atom stereocenters. The lowest BCUT2D eigenvalue weighted by Gasteiger charge is -2.16. The first kappa shape index (κ1) is 14.5. The van der Waals surface area contributed by atoms with Crippen LogP contribution in [-0.4, -0.2) is 27.8 Å². The molecule has 7 heteroatoms. The molecule has 0 saturated heterocycles. The number of nitrogens with one attached hydrogen (secondary N) is 1. The van der Waals surface area contributed by atoms with Gasteiger partial charge in [-0.25, -0.2) is 9.07 Å². The molecule has 1 atom stereocenters. The van der Waals surface area contributed by atoms with Crippen molar-refractivity contribution in [2.75, 3.05) is 12.8 Å². The van der Waals surface area contributed by atoms with Gasteiger partial charge in [-0.1, -0.05) is 5.21 Å². The number of hydrogen-bond donors (Lipinski definition) is 1. The summed E-state index contributed by atoms with van der Waals surface area (Å²) < 4.78 is 15.3. The van der Waals surface area contributed by atoms with Crippen LogP contribution in [0.1, 0.15) is 11.7 Å².